The van der Waals surface area contributed by atoms with Crippen LogP contribution in [0.4, 0.5) is 4.79 Å². The fourth-order valence-electron chi connectivity index (χ4n) is 12.2. The molecule has 9 rings (SSSR count). The molecule has 0 radical (unpaired) electrons. The number of carbonyl (C=O) groups is 12. The molecule has 93 heavy (non-hydrogen) atoms. The fraction of sp³-hybridized carbons (Fsp3) is 0.353. The van der Waals surface area contributed by atoms with Crippen molar-refractivity contribution in [3.05, 3.63) is 155 Å². The van der Waals surface area contributed by atoms with Gasteiger partial charge in [-0.25, -0.2) is 9.69 Å². The average Bonchev–Trinajstić information content (AvgIpc) is 1.63. The lowest BCUT2D eigenvalue weighted by Gasteiger charge is -2.29. The minimum atomic E-state index is -1.55. The van der Waals surface area contributed by atoms with Gasteiger partial charge in [0.1, 0.15) is 49.9 Å². The summed E-state index contributed by atoms with van der Waals surface area (Å²) in [4.78, 5) is 167. The normalized spacial score (nSPS) is 15.3. The van der Waals surface area contributed by atoms with Crippen molar-refractivity contribution < 1.29 is 72.5 Å². The summed E-state index contributed by atoms with van der Waals surface area (Å²) >= 11 is 0. The summed E-state index contributed by atoms with van der Waals surface area (Å²) in [7, 11) is 0. The second-order valence-corrected chi connectivity index (χ2v) is 23.3. The highest BCUT2D eigenvalue weighted by molar-refractivity contribution is 6.00. The smallest absolute Gasteiger partial charge is 0.417 e. The zero-order chi connectivity index (χ0) is 66.5. The van der Waals surface area contributed by atoms with Gasteiger partial charge in [-0.2, -0.15) is 0 Å². The van der Waals surface area contributed by atoms with Crippen molar-refractivity contribution in [2.45, 2.75) is 108 Å². The lowest BCUT2D eigenvalue weighted by atomic mass is 9.93. The molecule has 3 aliphatic rings. The predicted molar refractivity (Wildman–Crippen MR) is 338 cm³/mol. The quantitative estimate of drug-likeness (QED) is 0.0332. The van der Waals surface area contributed by atoms with E-state index in [0.29, 0.717) is 18.4 Å². The number of rotatable bonds is 28. The molecule has 1 aliphatic heterocycles. The molecular weight excluding hydrogens is 1200 g/mol. The third kappa shape index (κ3) is 16.1. The third-order valence-electron chi connectivity index (χ3n) is 17.2. The predicted octanol–water partition coefficient (Wildman–Crippen LogP) is 3.98. The van der Waals surface area contributed by atoms with E-state index in [1.807, 2.05) is 115 Å². The van der Waals surface area contributed by atoms with Crippen LogP contribution in [0.3, 0.4) is 0 Å². The molecule has 2 aliphatic carbocycles. The molecular formula is C68H74N10O15. The van der Waals surface area contributed by atoms with Gasteiger partial charge in [0, 0.05) is 54.7 Å². The fourth-order valence-corrected chi connectivity index (χ4v) is 12.2. The number of aromatic nitrogens is 1. The van der Waals surface area contributed by atoms with Crippen LogP contribution in [0.15, 0.2) is 128 Å². The van der Waals surface area contributed by atoms with Crippen molar-refractivity contribution in [3.63, 3.8) is 0 Å². The average molecular weight is 1270 g/mol. The van der Waals surface area contributed by atoms with Crippen LogP contribution in [-0.2, 0) is 63.9 Å². The number of carboxylic acids is 2. The molecule has 10 amide bonds. The lowest BCUT2D eigenvalue weighted by molar-refractivity contribution is -0.143. The van der Waals surface area contributed by atoms with Gasteiger partial charge in [0.15, 0.2) is 0 Å². The SMILES string of the molecule is CC[C@H](C)[C@H](NC(=O)CNC(=O)[C@H](CCC(=O)O)NC(=O)[C@@H]1CCCN1C(=O)CN(C(=O)CC1c2ccccc2-c2ccccc21)C(=O)OCC1c2ccccc2-c2ccccc21)C(=O)N[C@@H](C)C(=O)NCC(=O)N[C@@H](Cc1c[nH]c2ccccc12)C(=O)NCC(=O)O. The highest BCUT2D eigenvalue weighted by Crippen LogP contribution is 2.47. The topological polar surface area (TPSA) is 361 Å². The summed E-state index contributed by atoms with van der Waals surface area (Å²) in [6.45, 7) is 1.67. The van der Waals surface area contributed by atoms with Crippen molar-refractivity contribution in [2.75, 3.05) is 39.3 Å². The first-order valence-electron chi connectivity index (χ1n) is 30.8. The number of ether oxygens (including phenoxy) is 1. The largest absolute Gasteiger partial charge is 0.481 e. The maximum Gasteiger partial charge on any atom is 0.417 e. The van der Waals surface area contributed by atoms with Gasteiger partial charge in [0.2, 0.25) is 53.2 Å². The molecule has 10 N–H and O–H groups in total. The van der Waals surface area contributed by atoms with Gasteiger partial charge in [-0.1, -0.05) is 136 Å². The van der Waals surface area contributed by atoms with Crippen molar-refractivity contribution in [1.82, 2.24) is 52.0 Å². The van der Waals surface area contributed by atoms with Gasteiger partial charge in [-0.15, -0.1) is 0 Å². The molecule has 6 aromatic rings. The highest BCUT2D eigenvalue weighted by atomic mass is 16.6. The zero-order valence-corrected chi connectivity index (χ0v) is 51.5. The number of carbonyl (C=O) groups excluding carboxylic acids is 10. The van der Waals surface area contributed by atoms with E-state index >= 15 is 0 Å². The van der Waals surface area contributed by atoms with E-state index in [4.69, 9.17) is 9.84 Å². The Balaban J connectivity index is 0.806. The van der Waals surface area contributed by atoms with Crippen LogP contribution in [0.1, 0.15) is 98.9 Å². The van der Waals surface area contributed by atoms with Crippen LogP contribution < -0.4 is 37.2 Å². The van der Waals surface area contributed by atoms with Crippen LogP contribution in [0, 0.1) is 5.92 Å². The number of nitrogens with zero attached hydrogens (tertiary/aromatic N) is 2. The summed E-state index contributed by atoms with van der Waals surface area (Å²) in [6.07, 6.45) is 0.0696. The number of hydrogen-bond donors (Lipinski definition) is 10. The van der Waals surface area contributed by atoms with E-state index < -0.39 is 152 Å². The second kappa shape index (κ2) is 30.4. The molecule has 25 nitrogen and oxygen atoms in total. The van der Waals surface area contributed by atoms with Gasteiger partial charge in [-0.05, 0) is 88.2 Å². The molecule has 1 aromatic heterocycles. The van der Waals surface area contributed by atoms with Gasteiger partial charge in [-0.3, -0.25) is 52.7 Å². The standard InChI is InChI=1S/C68H74N10O15/c1-4-38(2)62(67(91)73-39(3)63(87)70-33-56(79)74-54(65(89)72-35-61(85)86)30-40-32-69-52-25-14-13-16-41(40)52)76-57(80)34-71-64(88)53(27-28-60(83)84)75-66(90)55-26-15-29-77(55)59(82)36-78(58(81)31-50-46-21-9-5-17-42(46)43-18-6-10-22-47(43)50)68(92)93-37-51-48-23-11-7-19-44(48)45-20-8-12-24-49(45)51/h5-14,16-25,32,38-39,50-51,53-55,62,69H,4,15,26-31,33-37H2,1-3H3,(H,70,87)(H,71,88)(H,72,89)(H,73,91)(H,74,79)(H,75,90)(H,76,80)(H,83,84)(H,85,86)/t38-,39-,53-,54-,55-,62-/m0/s1. The van der Waals surface area contributed by atoms with Gasteiger partial charge >= 0.3 is 18.0 Å². The number of amides is 10. The van der Waals surface area contributed by atoms with E-state index in [0.717, 1.165) is 60.3 Å². The maximum absolute atomic E-state index is 14.7. The minimum absolute atomic E-state index is 0.0266. The van der Waals surface area contributed by atoms with Crippen molar-refractivity contribution in [1.29, 1.82) is 0 Å². The Morgan fingerprint density at radius 2 is 1.15 bits per heavy atom. The van der Waals surface area contributed by atoms with E-state index in [9.17, 15) is 62.6 Å². The Morgan fingerprint density at radius 3 is 1.74 bits per heavy atom. The maximum atomic E-state index is 14.7. The molecule has 2 heterocycles. The number of aliphatic carboxylic acids is 2. The molecule has 0 bridgehead atoms. The Labute approximate surface area is 535 Å². The molecule has 25 heteroatoms. The van der Waals surface area contributed by atoms with Crippen LogP contribution in [-0.4, -0.2) is 166 Å². The number of para-hydroxylation sites is 1. The van der Waals surface area contributed by atoms with Crippen molar-refractivity contribution >= 4 is 82.1 Å². The Hall–Kier alpha value is -10.7. The summed E-state index contributed by atoms with van der Waals surface area (Å²) in [5.41, 5.74) is 8.86. The van der Waals surface area contributed by atoms with Gasteiger partial charge in [0.25, 0.3) is 0 Å². The highest BCUT2D eigenvalue weighted by Gasteiger charge is 2.41. The first-order chi connectivity index (χ1) is 44.7. The Bertz CT molecular complexity index is 3780. The lowest BCUT2D eigenvalue weighted by Crippen LogP contribution is -2.57. The number of aromatic amines is 1. The molecule has 0 unspecified atom stereocenters. The second-order valence-electron chi connectivity index (χ2n) is 23.3. The Morgan fingerprint density at radius 1 is 0.613 bits per heavy atom. The molecule has 486 valence electrons. The van der Waals surface area contributed by atoms with Crippen molar-refractivity contribution in [2.24, 2.45) is 5.92 Å². The first kappa shape index (κ1) is 66.7. The number of H-pyrrole nitrogens is 1. The summed E-state index contributed by atoms with van der Waals surface area (Å²) in [5.74, 6) is -11.4. The number of carboxylic acid groups (broad SMARTS) is 2. The van der Waals surface area contributed by atoms with Crippen LogP contribution in [0.2, 0.25) is 0 Å². The number of benzene rings is 5. The summed E-state index contributed by atoms with van der Waals surface area (Å²) < 4.78 is 5.99. The van der Waals surface area contributed by atoms with Crippen molar-refractivity contribution in [3.8, 4) is 22.3 Å². The summed E-state index contributed by atoms with van der Waals surface area (Å²) in [6, 6.07) is 31.4. The van der Waals surface area contributed by atoms with Gasteiger partial charge < -0.3 is 62.1 Å². The third-order valence-corrected chi connectivity index (χ3v) is 17.2. The molecule has 1 fully saturated rings. The summed E-state index contributed by atoms with van der Waals surface area (Å²) in [5, 5.41) is 36.7. The number of likely N-dealkylation sites (tertiary alicyclic amines) is 1. The molecule has 5 aromatic carbocycles. The van der Waals surface area contributed by atoms with Gasteiger partial charge in [0.05, 0.1) is 13.1 Å². The van der Waals surface area contributed by atoms with E-state index in [1.165, 1.54) is 11.8 Å². The van der Waals surface area contributed by atoms with E-state index in [1.54, 1.807) is 26.1 Å². The molecule has 6 atom stereocenters. The first-order valence-corrected chi connectivity index (χ1v) is 30.8. The van der Waals surface area contributed by atoms with E-state index in [2.05, 4.69) is 42.2 Å². The number of imide groups is 1. The zero-order valence-electron chi connectivity index (χ0n) is 51.5. The van der Waals surface area contributed by atoms with E-state index in [-0.39, 0.29) is 38.3 Å². The Kier molecular flexibility index (Phi) is 21.8. The van der Waals surface area contributed by atoms with Crippen LogP contribution in [0.25, 0.3) is 33.2 Å². The molecule has 0 saturated carbocycles. The molecule has 0 spiro atoms. The number of nitrogens with one attached hydrogen (secondary N) is 8. The minimum Gasteiger partial charge on any atom is -0.481 e. The van der Waals surface area contributed by atoms with Crippen LogP contribution >= 0.6 is 0 Å². The monoisotopic (exact) mass is 1270 g/mol. The number of hydrogen-bond acceptors (Lipinski definition) is 13. The van der Waals surface area contributed by atoms with Crippen LogP contribution in [0.5, 0.6) is 0 Å². The number of fused-ring (bicyclic) bond motifs is 7. The molecule has 1 saturated heterocycles.